The van der Waals surface area contributed by atoms with Crippen molar-refractivity contribution >= 4 is 0 Å². The highest BCUT2D eigenvalue weighted by Gasteiger charge is 2.58. The molecule has 1 heteroatoms. The summed E-state index contributed by atoms with van der Waals surface area (Å²) in [6.45, 7) is 14.7. The van der Waals surface area contributed by atoms with E-state index in [2.05, 4.69) is 53.7 Å². The van der Waals surface area contributed by atoms with Crippen LogP contribution in [0.4, 0.5) is 0 Å². The maximum atomic E-state index is 10.3. The first kappa shape index (κ1) is 22.6. The molecule has 0 aromatic carbocycles. The lowest BCUT2D eigenvalue weighted by molar-refractivity contribution is -0.0427. The predicted octanol–water partition coefficient (Wildman–Crippen LogP) is 7.94. The minimum Gasteiger partial charge on any atom is -0.393 e. The van der Waals surface area contributed by atoms with Gasteiger partial charge in [0.05, 0.1) is 6.10 Å². The van der Waals surface area contributed by atoms with Gasteiger partial charge in [0.25, 0.3) is 0 Å². The maximum absolute atomic E-state index is 10.3. The third-order valence-corrected chi connectivity index (χ3v) is 10.8. The summed E-state index contributed by atoms with van der Waals surface area (Å²) in [4.78, 5) is 0. The van der Waals surface area contributed by atoms with Crippen LogP contribution in [0.3, 0.4) is 0 Å². The number of hydrogen-bond acceptors (Lipinski definition) is 1. The number of hydrogen-bond donors (Lipinski definition) is 1. The Morgan fingerprint density at radius 2 is 1.77 bits per heavy atom. The standard InChI is InChI=1S/C29H48O/c1-7-21(19(2)3)9-8-20(4)25-12-13-26-24-11-10-22-18-23(30)14-16-28(22,5)27(24)15-17-29(25,26)6/h7,11,19-20,22-23,25-27,30H,8-10,12-18H2,1-6H3/b21-7-/t20-,22-,23+,25+,26-,27-,28+,29-/m1/s1. The monoisotopic (exact) mass is 412 g/mol. The van der Waals surface area contributed by atoms with Crippen molar-refractivity contribution in [2.24, 2.45) is 46.3 Å². The van der Waals surface area contributed by atoms with Crippen LogP contribution in [-0.4, -0.2) is 11.2 Å². The van der Waals surface area contributed by atoms with Gasteiger partial charge < -0.3 is 5.11 Å². The molecule has 0 saturated heterocycles. The van der Waals surface area contributed by atoms with Crippen LogP contribution < -0.4 is 0 Å². The highest BCUT2D eigenvalue weighted by Crippen LogP contribution is 2.67. The smallest absolute Gasteiger partial charge is 0.0543 e. The Labute approximate surface area is 186 Å². The second-order valence-electron chi connectivity index (χ2n) is 12.4. The second-order valence-corrected chi connectivity index (χ2v) is 12.4. The van der Waals surface area contributed by atoms with Crippen molar-refractivity contribution in [3.8, 4) is 0 Å². The summed E-state index contributed by atoms with van der Waals surface area (Å²) >= 11 is 0. The molecule has 0 unspecified atom stereocenters. The van der Waals surface area contributed by atoms with E-state index in [1.165, 1.54) is 51.4 Å². The van der Waals surface area contributed by atoms with Crippen molar-refractivity contribution in [2.75, 3.05) is 0 Å². The molecule has 0 aliphatic heterocycles. The molecule has 170 valence electrons. The molecule has 1 nitrogen and oxygen atoms in total. The van der Waals surface area contributed by atoms with Crippen LogP contribution in [0.2, 0.25) is 0 Å². The fourth-order valence-electron chi connectivity index (χ4n) is 8.83. The Balaban J connectivity index is 1.50. The van der Waals surface area contributed by atoms with Crippen molar-refractivity contribution in [1.29, 1.82) is 0 Å². The topological polar surface area (TPSA) is 20.2 Å². The minimum absolute atomic E-state index is 0.0449. The summed E-state index contributed by atoms with van der Waals surface area (Å²) in [5.74, 6) is 4.77. The molecule has 0 bridgehead atoms. The molecule has 4 rings (SSSR count). The molecular weight excluding hydrogens is 364 g/mol. The molecule has 0 spiro atoms. The van der Waals surface area contributed by atoms with Crippen molar-refractivity contribution in [3.05, 3.63) is 23.3 Å². The maximum Gasteiger partial charge on any atom is 0.0543 e. The van der Waals surface area contributed by atoms with Crippen LogP contribution in [0.15, 0.2) is 23.3 Å². The molecule has 4 aliphatic rings. The van der Waals surface area contributed by atoms with Crippen molar-refractivity contribution < 1.29 is 5.11 Å². The van der Waals surface area contributed by atoms with E-state index in [4.69, 9.17) is 0 Å². The minimum atomic E-state index is -0.0449. The van der Waals surface area contributed by atoms with Crippen LogP contribution >= 0.6 is 0 Å². The largest absolute Gasteiger partial charge is 0.393 e. The van der Waals surface area contributed by atoms with Crippen molar-refractivity contribution in [1.82, 2.24) is 0 Å². The molecule has 0 heterocycles. The van der Waals surface area contributed by atoms with Crippen LogP contribution in [0.1, 0.15) is 106 Å². The Bertz CT molecular complexity index is 686. The zero-order chi connectivity index (χ0) is 21.7. The van der Waals surface area contributed by atoms with Gasteiger partial charge in [0.1, 0.15) is 0 Å². The molecule has 1 N–H and O–H groups in total. The van der Waals surface area contributed by atoms with E-state index in [-0.39, 0.29) is 6.10 Å². The van der Waals surface area contributed by atoms with E-state index in [1.54, 1.807) is 5.57 Å². The second kappa shape index (κ2) is 8.42. The van der Waals surface area contributed by atoms with E-state index >= 15 is 0 Å². The van der Waals surface area contributed by atoms with Crippen LogP contribution in [-0.2, 0) is 0 Å². The molecule has 0 aromatic heterocycles. The number of fused-ring (bicyclic) bond motifs is 5. The summed E-state index contributed by atoms with van der Waals surface area (Å²) in [5.41, 5.74) is 4.49. The molecule has 30 heavy (non-hydrogen) atoms. The summed E-state index contributed by atoms with van der Waals surface area (Å²) in [7, 11) is 0. The van der Waals surface area contributed by atoms with Gasteiger partial charge in [-0.15, -0.1) is 0 Å². The zero-order valence-corrected chi connectivity index (χ0v) is 20.7. The first-order chi connectivity index (χ1) is 14.2. The first-order valence-electron chi connectivity index (χ1n) is 13.2. The fraction of sp³-hybridized carbons (Fsp3) is 0.862. The fourth-order valence-corrected chi connectivity index (χ4v) is 8.83. The van der Waals surface area contributed by atoms with Crippen molar-refractivity contribution in [2.45, 2.75) is 112 Å². The molecule has 4 aliphatic carbocycles. The number of aliphatic hydroxyl groups is 1. The summed E-state index contributed by atoms with van der Waals surface area (Å²) < 4.78 is 0. The highest BCUT2D eigenvalue weighted by molar-refractivity contribution is 5.27. The van der Waals surface area contributed by atoms with Gasteiger partial charge in [-0.3, -0.25) is 0 Å². The molecule has 0 radical (unpaired) electrons. The zero-order valence-electron chi connectivity index (χ0n) is 20.7. The Morgan fingerprint density at radius 1 is 1.07 bits per heavy atom. The number of aliphatic hydroxyl groups excluding tert-OH is 1. The summed E-state index contributed by atoms with van der Waals surface area (Å²) in [6, 6.07) is 0. The van der Waals surface area contributed by atoms with Gasteiger partial charge in [-0.2, -0.15) is 0 Å². The molecule has 0 amide bonds. The van der Waals surface area contributed by atoms with Gasteiger partial charge in [-0.1, -0.05) is 57.9 Å². The van der Waals surface area contributed by atoms with Gasteiger partial charge in [-0.05, 0) is 117 Å². The molecule has 8 atom stereocenters. The van der Waals surface area contributed by atoms with Gasteiger partial charge in [-0.25, -0.2) is 0 Å². The molecule has 0 aromatic rings. The first-order valence-corrected chi connectivity index (χ1v) is 13.2. The third kappa shape index (κ3) is 3.66. The highest BCUT2D eigenvalue weighted by atomic mass is 16.3. The van der Waals surface area contributed by atoms with Gasteiger partial charge >= 0.3 is 0 Å². The molecular formula is C29H48O. The van der Waals surface area contributed by atoms with Gasteiger partial charge in [0, 0.05) is 0 Å². The molecule has 3 fully saturated rings. The Morgan fingerprint density at radius 3 is 2.47 bits per heavy atom. The average molecular weight is 413 g/mol. The Kier molecular flexibility index (Phi) is 6.35. The molecule has 3 saturated carbocycles. The number of rotatable bonds is 5. The normalized spacial score (nSPS) is 44.9. The predicted molar refractivity (Wildman–Crippen MR) is 128 cm³/mol. The lowest BCUT2D eigenvalue weighted by Crippen LogP contribution is -2.49. The lowest BCUT2D eigenvalue weighted by Gasteiger charge is -2.57. The van der Waals surface area contributed by atoms with E-state index in [0.717, 1.165) is 36.5 Å². The van der Waals surface area contributed by atoms with Crippen LogP contribution in [0.25, 0.3) is 0 Å². The van der Waals surface area contributed by atoms with E-state index < -0.39 is 0 Å². The van der Waals surface area contributed by atoms with Crippen LogP contribution in [0, 0.1) is 46.3 Å². The van der Waals surface area contributed by atoms with Crippen molar-refractivity contribution in [3.63, 3.8) is 0 Å². The van der Waals surface area contributed by atoms with Gasteiger partial charge in [0.2, 0.25) is 0 Å². The summed E-state index contributed by atoms with van der Waals surface area (Å²) in [6.07, 6.45) is 17.9. The third-order valence-electron chi connectivity index (χ3n) is 10.8. The van der Waals surface area contributed by atoms with E-state index in [0.29, 0.717) is 22.7 Å². The van der Waals surface area contributed by atoms with E-state index in [1.807, 2.05) is 5.57 Å². The Hall–Kier alpha value is -0.560. The lowest BCUT2D eigenvalue weighted by atomic mass is 9.47. The number of allylic oxidation sites excluding steroid dienone is 4. The van der Waals surface area contributed by atoms with Gasteiger partial charge in [0.15, 0.2) is 0 Å². The average Bonchev–Trinajstić information content (AvgIpc) is 3.06. The summed E-state index contributed by atoms with van der Waals surface area (Å²) in [5, 5.41) is 10.3. The SMILES string of the molecule is C/C=C(/CC[C@@H](C)[C@@H]1CC[C@@H]2C3=CC[C@@H]4C[C@@H](O)CC[C@]4(C)[C@@H]3CC[C@@]21C)C(C)C. The van der Waals surface area contributed by atoms with Crippen LogP contribution in [0.5, 0.6) is 0 Å². The van der Waals surface area contributed by atoms with E-state index in [9.17, 15) is 5.11 Å². The quantitative estimate of drug-likeness (QED) is 0.454.